The molecule has 0 spiro atoms. The SMILES string of the molecule is CC(C)N(Cc1nnc(-c2ccccc2Cl)o1)C(=O)CSCc1ccccc1. The molecule has 0 N–H and O–H groups in total. The summed E-state index contributed by atoms with van der Waals surface area (Å²) in [7, 11) is 0. The topological polar surface area (TPSA) is 59.2 Å². The summed E-state index contributed by atoms with van der Waals surface area (Å²) in [5, 5.41) is 8.71. The van der Waals surface area contributed by atoms with Crippen molar-refractivity contribution in [1.82, 2.24) is 15.1 Å². The lowest BCUT2D eigenvalue weighted by Crippen LogP contribution is -2.37. The molecule has 0 aliphatic heterocycles. The monoisotopic (exact) mass is 415 g/mol. The van der Waals surface area contributed by atoms with Gasteiger partial charge in [-0.05, 0) is 31.5 Å². The van der Waals surface area contributed by atoms with Gasteiger partial charge in [-0.1, -0.05) is 54.1 Å². The van der Waals surface area contributed by atoms with Crippen molar-refractivity contribution in [1.29, 1.82) is 0 Å². The molecule has 2 aromatic carbocycles. The standard InChI is InChI=1S/C21H22ClN3O2S/c1-15(2)25(20(26)14-28-13-16-8-4-3-5-9-16)12-19-23-24-21(27-19)17-10-6-7-11-18(17)22/h3-11,15H,12-14H2,1-2H3. The van der Waals surface area contributed by atoms with Crippen molar-refractivity contribution in [2.75, 3.05) is 5.75 Å². The Balaban J connectivity index is 1.61. The van der Waals surface area contributed by atoms with E-state index in [-0.39, 0.29) is 18.5 Å². The molecular formula is C21H22ClN3O2S. The third-order valence-electron chi connectivity index (χ3n) is 4.16. The first-order chi connectivity index (χ1) is 13.5. The van der Waals surface area contributed by atoms with E-state index < -0.39 is 0 Å². The molecule has 0 aliphatic carbocycles. The van der Waals surface area contributed by atoms with E-state index in [1.165, 1.54) is 5.56 Å². The second kappa shape index (κ2) is 9.75. The van der Waals surface area contributed by atoms with Crippen LogP contribution in [0.4, 0.5) is 0 Å². The normalized spacial score (nSPS) is 11.0. The molecule has 3 aromatic rings. The van der Waals surface area contributed by atoms with Crippen LogP contribution in [-0.4, -0.2) is 32.8 Å². The van der Waals surface area contributed by atoms with Crippen LogP contribution in [0, 0.1) is 0 Å². The summed E-state index contributed by atoms with van der Waals surface area (Å²) in [6, 6.07) is 17.4. The number of hydrogen-bond acceptors (Lipinski definition) is 5. The van der Waals surface area contributed by atoms with E-state index in [1.807, 2.05) is 50.2 Å². The van der Waals surface area contributed by atoms with Gasteiger partial charge in [0.15, 0.2) is 0 Å². The highest BCUT2D eigenvalue weighted by molar-refractivity contribution is 7.99. The minimum atomic E-state index is 0.0282. The molecule has 1 aromatic heterocycles. The Morgan fingerprint density at radius 3 is 2.54 bits per heavy atom. The number of hydrogen-bond donors (Lipinski definition) is 0. The van der Waals surface area contributed by atoms with Gasteiger partial charge < -0.3 is 9.32 Å². The van der Waals surface area contributed by atoms with Crippen molar-refractivity contribution in [2.24, 2.45) is 0 Å². The van der Waals surface area contributed by atoms with Crippen molar-refractivity contribution in [3.63, 3.8) is 0 Å². The highest BCUT2D eigenvalue weighted by atomic mass is 35.5. The zero-order chi connectivity index (χ0) is 19.9. The molecule has 0 fully saturated rings. The summed E-state index contributed by atoms with van der Waals surface area (Å²) >= 11 is 7.79. The number of carbonyl (C=O) groups excluding carboxylic acids is 1. The quantitative estimate of drug-likeness (QED) is 0.514. The zero-order valence-electron chi connectivity index (χ0n) is 15.8. The fourth-order valence-electron chi connectivity index (χ4n) is 2.68. The Morgan fingerprint density at radius 2 is 1.82 bits per heavy atom. The minimum absolute atomic E-state index is 0.0282. The molecule has 0 aliphatic rings. The number of benzene rings is 2. The number of amides is 1. The van der Waals surface area contributed by atoms with Crippen LogP contribution >= 0.6 is 23.4 Å². The number of carbonyl (C=O) groups is 1. The van der Waals surface area contributed by atoms with E-state index in [4.69, 9.17) is 16.0 Å². The average molecular weight is 416 g/mol. The van der Waals surface area contributed by atoms with Crippen LogP contribution in [0.1, 0.15) is 25.3 Å². The summed E-state index contributed by atoms with van der Waals surface area (Å²) in [6.45, 7) is 4.23. The fraction of sp³-hybridized carbons (Fsp3) is 0.286. The number of nitrogens with zero attached hydrogens (tertiary/aromatic N) is 3. The van der Waals surface area contributed by atoms with E-state index in [0.717, 1.165) is 5.75 Å². The maximum Gasteiger partial charge on any atom is 0.249 e. The van der Waals surface area contributed by atoms with Crippen molar-refractivity contribution in [2.45, 2.75) is 32.2 Å². The van der Waals surface area contributed by atoms with Crippen molar-refractivity contribution in [3.8, 4) is 11.5 Å². The van der Waals surface area contributed by atoms with Gasteiger partial charge in [0, 0.05) is 11.8 Å². The Hall–Kier alpha value is -2.31. The summed E-state index contributed by atoms with van der Waals surface area (Å²) in [5.41, 5.74) is 1.89. The van der Waals surface area contributed by atoms with Gasteiger partial charge in [0.1, 0.15) is 0 Å². The molecule has 5 nitrogen and oxygen atoms in total. The lowest BCUT2D eigenvalue weighted by molar-refractivity contribution is -0.131. The van der Waals surface area contributed by atoms with Crippen molar-refractivity contribution < 1.29 is 9.21 Å². The summed E-state index contributed by atoms with van der Waals surface area (Å²) in [4.78, 5) is 14.5. The molecule has 0 saturated heterocycles. The van der Waals surface area contributed by atoms with Gasteiger partial charge in [0.25, 0.3) is 0 Å². The van der Waals surface area contributed by atoms with Crippen LogP contribution in [0.15, 0.2) is 59.0 Å². The van der Waals surface area contributed by atoms with Crippen LogP contribution in [0.5, 0.6) is 0 Å². The predicted molar refractivity (Wildman–Crippen MR) is 113 cm³/mol. The first-order valence-corrected chi connectivity index (χ1v) is 10.6. The molecular weight excluding hydrogens is 394 g/mol. The predicted octanol–water partition coefficient (Wildman–Crippen LogP) is 5.06. The van der Waals surface area contributed by atoms with Gasteiger partial charge >= 0.3 is 0 Å². The Morgan fingerprint density at radius 1 is 1.11 bits per heavy atom. The van der Waals surface area contributed by atoms with Crippen LogP contribution in [-0.2, 0) is 17.1 Å². The lowest BCUT2D eigenvalue weighted by Gasteiger charge is -2.25. The molecule has 0 saturated carbocycles. The second-order valence-corrected chi connectivity index (χ2v) is 7.97. The third kappa shape index (κ3) is 5.36. The Bertz CT molecular complexity index is 915. The number of aromatic nitrogens is 2. The van der Waals surface area contributed by atoms with Crippen molar-refractivity contribution >= 4 is 29.3 Å². The van der Waals surface area contributed by atoms with E-state index in [2.05, 4.69) is 22.3 Å². The van der Waals surface area contributed by atoms with Gasteiger partial charge in [-0.15, -0.1) is 22.0 Å². The van der Waals surface area contributed by atoms with Gasteiger partial charge in [0.05, 0.1) is 22.9 Å². The van der Waals surface area contributed by atoms with Crippen molar-refractivity contribution in [3.05, 3.63) is 71.1 Å². The minimum Gasteiger partial charge on any atom is -0.419 e. The first kappa shape index (κ1) is 20.4. The maximum atomic E-state index is 12.7. The second-order valence-electron chi connectivity index (χ2n) is 6.57. The van der Waals surface area contributed by atoms with Gasteiger partial charge in [-0.2, -0.15) is 0 Å². The smallest absolute Gasteiger partial charge is 0.249 e. The maximum absolute atomic E-state index is 12.7. The molecule has 1 amide bonds. The zero-order valence-corrected chi connectivity index (χ0v) is 17.4. The largest absolute Gasteiger partial charge is 0.419 e. The number of halogens is 1. The van der Waals surface area contributed by atoms with Gasteiger partial charge in [-0.25, -0.2) is 0 Å². The molecule has 28 heavy (non-hydrogen) atoms. The highest BCUT2D eigenvalue weighted by Gasteiger charge is 2.21. The molecule has 0 atom stereocenters. The molecule has 7 heteroatoms. The van der Waals surface area contributed by atoms with E-state index >= 15 is 0 Å². The van der Waals surface area contributed by atoms with E-state index in [0.29, 0.717) is 28.1 Å². The van der Waals surface area contributed by atoms with Crippen LogP contribution in [0.3, 0.4) is 0 Å². The van der Waals surface area contributed by atoms with Crippen LogP contribution < -0.4 is 0 Å². The summed E-state index contributed by atoms with van der Waals surface area (Å²) < 4.78 is 5.75. The number of thioether (sulfide) groups is 1. The fourth-order valence-corrected chi connectivity index (χ4v) is 3.77. The van der Waals surface area contributed by atoms with E-state index in [9.17, 15) is 4.79 Å². The molecule has 146 valence electrons. The van der Waals surface area contributed by atoms with Gasteiger partial charge in [-0.3, -0.25) is 4.79 Å². The highest BCUT2D eigenvalue weighted by Crippen LogP contribution is 2.26. The average Bonchev–Trinajstić information content (AvgIpc) is 3.15. The summed E-state index contributed by atoms with van der Waals surface area (Å²) in [5.74, 6) is 2.00. The van der Waals surface area contributed by atoms with Gasteiger partial charge in [0.2, 0.25) is 17.7 Å². The molecule has 0 radical (unpaired) electrons. The Kier molecular flexibility index (Phi) is 7.12. The molecule has 1 heterocycles. The molecule has 0 bridgehead atoms. The summed E-state index contributed by atoms with van der Waals surface area (Å²) in [6.07, 6.45) is 0. The Labute approximate surface area is 174 Å². The van der Waals surface area contributed by atoms with Crippen LogP contribution in [0.25, 0.3) is 11.5 Å². The van der Waals surface area contributed by atoms with Crippen LogP contribution in [0.2, 0.25) is 5.02 Å². The molecule has 0 unspecified atom stereocenters. The third-order valence-corrected chi connectivity index (χ3v) is 5.48. The number of rotatable bonds is 8. The molecule has 3 rings (SSSR count). The first-order valence-electron chi connectivity index (χ1n) is 9.03. The van der Waals surface area contributed by atoms with E-state index in [1.54, 1.807) is 22.7 Å². The lowest BCUT2D eigenvalue weighted by atomic mass is 10.2.